The van der Waals surface area contributed by atoms with E-state index in [1.54, 1.807) is 0 Å². The van der Waals surface area contributed by atoms with Crippen molar-refractivity contribution in [1.82, 2.24) is 0 Å². The van der Waals surface area contributed by atoms with Crippen molar-refractivity contribution in [3.8, 4) is 0 Å². The van der Waals surface area contributed by atoms with Crippen LogP contribution in [0.25, 0.3) is 0 Å². The molecule has 0 bridgehead atoms. The second-order valence-corrected chi connectivity index (χ2v) is 2.59. The first-order valence-corrected chi connectivity index (χ1v) is 3.58. The molecule has 0 saturated carbocycles. The van der Waals surface area contributed by atoms with Crippen molar-refractivity contribution >= 4 is 8.60 Å². The molecule has 1 aliphatic rings. The van der Waals surface area contributed by atoms with Crippen LogP contribution < -0.4 is 0 Å². The minimum atomic E-state index is -2.46. The van der Waals surface area contributed by atoms with Crippen LogP contribution in [0.15, 0.2) is 0 Å². The number of hydrogen-bond acceptors (Lipinski definition) is 4. The lowest BCUT2D eigenvalue weighted by atomic mass is 10.5. The Balaban J connectivity index is 1.97. The van der Waals surface area contributed by atoms with E-state index in [1.807, 2.05) is 0 Å². The Morgan fingerprint density at radius 2 is 2.10 bits per heavy atom. The average molecular weight is 174 g/mol. The summed E-state index contributed by atoms with van der Waals surface area (Å²) in [7, 11) is -2.46. The molecule has 0 aromatic carbocycles. The van der Waals surface area contributed by atoms with Gasteiger partial charge in [-0.3, -0.25) is 0 Å². The molecule has 1 atom stereocenters. The lowest BCUT2D eigenvalue weighted by Gasteiger charge is -2.02. The molecule has 0 aliphatic carbocycles. The number of halogens is 2. The summed E-state index contributed by atoms with van der Waals surface area (Å²) in [6, 6.07) is 0. The number of ether oxygens (including phenoxy) is 1. The van der Waals surface area contributed by atoms with Gasteiger partial charge in [-0.2, -0.15) is 0 Å². The highest BCUT2D eigenvalue weighted by molar-refractivity contribution is 7.41. The molecule has 1 aliphatic heterocycles. The molecule has 1 heterocycles. The van der Waals surface area contributed by atoms with Gasteiger partial charge in [0.05, 0.1) is 13.2 Å². The predicted molar refractivity (Wildman–Crippen MR) is 27.0 cm³/mol. The molecular formula is C3H5F2O4P. The van der Waals surface area contributed by atoms with Gasteiger partial charge in [0.1, 0.15) is 6.10 Å². The van der Waals surface area contributed by atoms with Crippen molar-refractivity contribution in [3.05, 3.63) is 0 Å². The summed E-state index contributed by atoms with van der Waals surface area (Å²) < 4.78 is 37.3. The third-order valence-corrected chi connectivity index (χ3v) is 1.47. The summed E-state index contributed by atoms with van der Waals surface area (Å²) in [5, 5.41) is 0. The Kier molecular flexibility index (Phi) is 3.37. The first-order chi connectivity index (χ1) is 4.86. The van der Waals surface area contributed by atoms with Crippen LogP contribution >= 0.6 is 8.60 Å². The quantitative estimate of drug-likeness (QED) is 0.466. The van der Waals surface area contributed by atoms with E-state index in [0.717, 1.165) is 0 Å². The first kappa shape index (κ1) is 8.23. The van der Waals surface area contributed by atoms with Crippen LogP contribution in [-0.4, -0.2) is 19.3 Å². The van der Waals surface area contributed by atoms with Gasteiger partial charge in [-0.05, 0) is 9.05 Å². The molecule has 0 N–H and O–H groups in total. The fraction of sp³-hybridized carbons (Fsp3) is 1.00. The molecule has 1 saturated heterocycles. The summed E-state index contributed by atoms with van der Waals surface area (Å²) >= 11 is 0. The van der Waals surface area contributed by atoms with Crippen LogP contribution in [0.1, 0.15) is 0 Å². The fourth-order valence-electron chi connectivity index (χ4n) is 0.359. The van der Waals surface area contributed by atoms with Crippen molar-refractivity contribution in [3.63, 3.8) is 0 Å². The second-order valence-electron chi connectivity index (χ2n) is 1.61. The SMILES string of the molecule is FOP(OF)OCC1CO1. The van der Waals surface area contributed by atoms with Gasteiger partial charge >= 0.3 is 8.60 Å². The van der Waals surface area contributed by atoms with E-state index in [4.69, 9.17) is 0 Å². The van der Waals surface area contributed by atoms with Crippen molar-refractivity contribution in [1.29, 1.82) is 0 Å². The van der Waals surface area contributed by atoms with Gasteiger partial charge in [0, 0.05) is 0 Å². The minimum absolute atomic E-state index is 0.0599. The fourth-order valence-corrected chi connectivity index (χ4v) is 0.748. The summed E-state index contributed by atoms with van der Waals surface area (Å²) in [5.41, 5.74) is 0. The zero-order valence-corrected chi connectivity index (χ0v) is 5.72. The van der Waals surface area contributed by atoms with Crippen LogP contribution in [-0.2, 0) is 18.7 Å². The molecule has 0 amide bonds. The first-order valence-electron chi connectivity index (χ1n) is 2.49. The van der Waals surface area contributed by atoms with E-state index in [1.165, 1.54) is 0 Å². The van der Waals surface area contributed by atoms with Gasteiger partial charge in [0.15, 0.2) is 0 Å². The molecule has 60 valence electrons. The highest BCUT2D eigenvalue weighted by Gasteiger charge is 2.26. The maximum absolute atomic E-state index is 11.1. The lowest BCUT2D eigenvalue weighted by molar-refractivity contribution is -0.0962. The molecule has 0 aromatic rings. The lowest BCUT2D eigenvalue weighted by Crippen LogP contribution is -1.97. The third kappa shape index (κ3) is 2.81. The molecular weight excluding hydrogens is 169 g/mol. The summed E-state index contributed by atoms with van der Waals surface area (Å²) in [6.45, 7) is 0.654. The molecule has 0 aromatic heterocycles. The molecule has 7 heteroatoms. The van der Waals surface area contributed by atoms with Gasteiger partial charge in [-0.25, -0.2) is 0 Å². The number of epoxide rings is 1. The molecule has 1 unspecified atom stereocenters. The van der Waals surface area contributed by atoms with Gasteiger partial charge in [-0.1, -0.05) is 0 Å². The molecule has 1 rings (SSSR count). The second kappa shape index (κ2) is 4.10. The van der Waals surface area contributed by atoms with Crippen molar-refractivity contribution in [2.24, 2.45) is 0 Å². The third-order valence-electron chi connectivity index (χ3n) is 0.881. The molecule has 10 heavy (non-hydrogen) atoms. The highest BCUT2D eigenvalue weighted by Crippen LogP contribution is 2.40. The molecule has 4 nitrogen and oxygen atoms in total. The predicted octanol–water partition coefficient (Wildman–Crippen LogP) is 1.43. The summed E-state index contributed by atoms with van der Waals surface area (Å²) in [4.78, 5) is 0. The Bertz CT molecular complexity index is 96.5. The van der Waals surface area contributed by atoms with Crippen molar-refractivity contribution < 1.29 is 27.8 Å². The Labute approximate surface area is 56.8 Å². The smallest absolute Gasteiger partial charge is 0.371 e. The van der Waals surface area contributed by atoms with Crippen molar-refractivity contribution in [2.45, 2.75) is 6.10 Å². The maximum atomic E-state index is 11.1. The van der Waals surface area contributed by atoms with Crippen molar-refractivity contribution in [2.75, 3.05) is 13.2 Å². The van der Waals surface area contributed by atoms with Crippen LogP contribution in [0.4, 0.5) is 9.05 Å². The van der Waals surface area contributed by atoms with Crippen LogP contribution in [0.2, 0.25) is 0 Å². The van der Waals surface area contributed by atoms with Gasteiger partial charge in [0.2, 0.25) is 0 Å². The van der Waals surface area contributed by atoms with Gasteiger partial charge < -0.3 is 9.26 Å². The van der Waals surface area contributed by atoms with Crippen LogP contribution in [0, 0.1) is 0 Å². The average Bonchev–Trinajstić information content (AvgIpc) is 2.74. The maximum Gasteiger partial charge on any atom is 0.403 e. The number of rotatable bonds is 5. The summed E-state index contributed by atoms with van der Waals surface area (Å²) in [6.07, 6.45) is -0.0599. The Morgan fingerprint density at radius 3 is 2.50 bits per heavy atom. The zero-order valence-electron chi connectivity index (χ0n) is 4.83. The van der Waals surface area contributed by atoms with E-state index < -0.39 is 8.60 Å². The number of hydrogen-bond donors (Lipinski definition) is 0. The van der Waals surface area contributed by atoms with Crippen LogP contribution in [0.5, 0.6) is 0 Å². The standard InChI is InChI=1S/C3H5F2O4P/c4-8-10(9-5)7-2-3-1-6-3/h3H,1-2H2. The topological polar surface area (TPSA) is 40.2 Å². The molecule has 0 radical (unpaired) electrons. The van der Waals surface area contributed by atoms with Crippen LogP contribution in [0.3, 0.4) is 0 Å². The van der Waals surface area contributed by atoms with E-state index in [2.05, 4.69) is 18.7 Å². The highest BCUT2D eigenvalue weighted by atomic mass is 31.2. The Hall–Kier alpha value is 0.130. The Morgan fingerprint density at radius 1 is 1.50 bits per heavy atom. The minimum Gasteiger partial charge on any atom is -0.371 e. The molecule has 0 spiro atoms. The monoisotopic (exact) mass is 174 g/mol. The zero-order chi connectivity index (χ0) is 7.40. The van der Waals surface area contributed by atoms with E-state index in [9.17, 15) is 9.05 Å². The van der Waals surface area contributed by atoms with Gasteiger partial charge in [0.25, 0.3) is 0 Å². The van der Waals surface area contributed by atoms with E-state index >= 15 is 0 Å². The summed E-state index contributed by atoms with van der Waals surface area (Å²) in [5.74, 6) is 0. The van der Waals surface area contributed by atoms with E-state index in [-0.39, 0.29) is 12.7 Å². The molecule has 1 fully saturated rings. The van der Waals surface area contributed by atoms with Gasteiger partial charge in [-0.15, -0.1) is 9.46 Å². The normalized spacial score (nSPS) is 23.7. The van der Waals surface area contributed by atoms with E-state index in [0.29, 0.717) is 6.61 Å². The largest absolute Gasteiger partial charge is 0.403 e.